The highest BCUT2D eigenvalue weighted by atomic mass is 35.5. The molecule has 34 heavy (non-hydrogen) atoms. The van der Waals surface area contributed by atoms with Gasteiger partial charge in [0, 0.05) is 28.4 Å². The van der Waals surface area contributed by atoms with E-state index in [1.165, 1.54) is 17.7 Å². The first-order valence-corrected chi connectivity index (χ1v) is 11.9. The third-order valence-corrected chi connectivity index (χ3v) is 6.92. The number of amides is 1. The molecule has 1 aliphatic heterocycles. The molecule has 0 unspecified atom stereocenters. The normalized spacial score (nSPS) is 13.1. The number of hydrogen-bond acceptors (Lipinski definition) is 7. The number of anilines is 2. The molecule has 1 N–H and O–H groups in total. The van der Waals surface area contributed by atoms with Gasteiger partial charge in [-0.2, -0.15) is 5.10 Å². The predicted molar refractivity (Wildman–Crippen MR) is 132 cm³/mol. The highest BCUT2D eigenvalue weighted by Gasteiger charge is 2.25. The SMILES string of the molecule is O=C(c1ccccc1)N1CCc2nc(Nc3ncnc4c3cnn4-c3cccc(Cl)c3)sc2C1. The van der Waals surface area contributed by atoms with E-state index in [0.717, 1.165) is 33.2 Å². The second kappa shape index (κ2) is 8.51. The van der Waals surface area contributed by atoms with Crippen molar-refractivity contribution in [1.82, 2.24) is 29.6 Å². The smallest absolute Gasteiger partial charge is 0.254 e. The van der Waals surface area contributed by atoms with E-state index in [0.29, 0.717) is 35.1 Å². The third kappa shape index (κ3) is 3.78. The van der Waals surface area contributed by atoms with Gasteiger partial charge in [-0.3, -0.25) is 4.79 Å². The summed E-state index contributed by atoms with van der Waals surface area (Å²) in [6, 6.07) is 16.8. The van der Waals surface area contributed by atoms with Gasteiger partial charge in [0.25, 0.3) is 5.91 Å². The van der Waals surface area contributed by atoms with Crippen molar-refractivity contribution in [2.24, 2.45) is 0 Å². The summed E-state index contributed by atoms with van der Waals surface area (Å²) in [7, 11) is 0. The molecule has 0 aliphatic carbocycles. The fourth-order valence-corrected chi connectivity index (χ4v) is 5.23. The Bertz CT molecular complexity index is 1510. The summed E-state index contributed by atoms with van der Waals surface area (Å²) in [5.41, 5.74) is 3.21. The molecule has 1 amide bonds. The highest BCUT2D eigenvalue weighted by molar-refractivity contribution is 7.15. The Morgan fingerprint density at radius 1 is 1.09 bits per heavy atom. The Labute approximate surface area is 203 Å². The van der Waals surface area contributed by atoms with Crippen LogP contribution in [0.5, 0.6) is 0 Å². The second-order valence-corrected chi connectivity index (χ2v) is 9.37. The number of nitrogens with zero attached hydrogens (tertiary/aromatic N) is 6. The quantitative estimate of drug-likeness (QED) is 0.389. The van der Waals surface area contributed by atoms with E-state index in [1.54, 1.807) is 10.9 Å². The first-order valence-electron chi connectivity index (χ1n) is 10.7. The number of hydrogen-bond donors (Lipinski definition) is 1. The maximum absolute atomic E-state index is 12.9. The molecule has 10 heteroatoms. The predicted octanol–water partition coefficient (Wildman–Crippen LogP) is 4.87. The number of carbonyl (C=O) groups excluding carboxylic acids is 1. The molecule has 0 atom stereocenters. The van der Waals surface area contributed by atoms with E-state index >= 15 is 0 Å². The molecule has 0 spiro atoms. The van der Waals surface area contributed by atoms with Gasteiger partial charge in [-0.15, -0.1) is 0 Å². The summed E-state index contributed by atoms with van der Waals surface area (Å²) >= 11 is 7.69. The lowest BCUT2D eigenvalue weighted by molar-refractivity contribution is 0.0736. The van der Waals surface area contributed by atoms with Crippen LogP contribution in [0.15, 0.2) is 67.1 Å². The molecule has 5 aromatic rings. The van der Waals surface area contributed by atoms with Crippen LogP contribution in [0.1, 0.15) is 20.9 Å². The highest BCUT2D eigenvalue weighted by Crippen LogP contribution is 2.32. The molecule has 2 aromatic carbocycles. The lowest BCUT2D eigenvalue weighted by Gasteiger charge is -2.26. The lowest BCUT2D eigenvalue weighted by Crippen LogP contribution is -2.35. The van der Waals surface area contributed by atoms with Crippen molar-refractivity contribution in [2.75, 3.05) is 11.9 Å². The Morgan fingerprint density at radius 2 is 1.97 bits per heavy atom. The van der Waals surface area contributed by atoms with E-state index in [-0.39, 0.29) is 5.91 Å². The number of halogens is 1. The number of benzene rings is 2. The Morgan fingerprint density at radius 3 is 2.82 bits per heavy atom. The minimum atomic E-state index is 0.0418. The summed E-state index contributed by atoms with van der Waals surface area (Å²) in [5.74, 6) is 0.668. The van der Waals surface area contributed by atoms with Crippen LogP contribution in [-0.4, -0.2) is 42.1 Å². The zero-order valence-corrected chi connectivity index (χ0v) is 19.4. The van der Waals surface area contributed by atoms with Gasteiger partial charge in [-0.1, -0.05) is 47.2 Å². The topological polar surface area (TPSA) is 88.8 Å². The molecule has 0 radical (unpaired) electrons. The molecule has 3 aromatic heterocycles. The van der Waals surface area contributed by atoms with Crippen molar-refractivity contribution in [3.05, 3.63) is 88.3 Å². The number of rotatable bonds is 4. The minimum Gasteiger partial charge on any atom is -0.333 e. The molecule has 168 valence electrons. The van der Waals surface area contributed by atoms with Gasteiger partial charge in [0.05, 0.1) is 29.5 Å². The third-order valence-electron chi connectivity index (χ3n) is 5.68. The average Bonchev–Trinajstić information content (AvgIpc) is 3.48. The van der Waals surface area contributed by atoms with Gasteiger partial charge >= 0.3 is 0 Å². The fourth-order valence-electron chi connectivity index (χ4n) is 4.03. The monoisotopic (exact) mass is 487 g/mol. The van der Waals surface area contributed by atoms with E-state index in [4.69, 9.17) is 16.6 Å². The molecule has 0 fully saturated rings. The first-order chi connectivity index (χ1) is 16.7. The van der Waals surface area contributed by atoms with Crippen LogP contribution in [0, 0.1) is 0 Å². The van der Waals surface area contributed by atoms with Crippen LogP contribution in [0.25, 0.3) is 16.7 Å². The van der Waals surface area contributed by atoms with E-state index in [1.807, 2.05) is 59.5 Å². The number of nitrogens with one attached hydrogen (secondary N) is 1. The number of carbonyl (C=O) groups is 1. The number of aromatic nitrogens is 5. The first kappa shape index (κ1) is 20.8. The zero-order valence-electron chi connectivity index (χ0n) is 17.8. The minimum absolute atomic E-state index is 0.0418. The molecule has 0 bridgehead atoms. The van der Waals surface area contributed by atoms with Crippen LogP contribution in [-0.2, 0) is 13.0 Å². The number of fused-ring (bicyclic) bond motifs is 2. The summed E-state index contributed by atoms with van der Waals surface area (Å²) in [6.45, 7) is 1.20. The van der Waals surface area contributed by atoms with Crippen molar-refractivity contribution in [3.63, 3.8) is 0 Å². The molecule has 0 saturated carbocycles. The lowest BCUT2D eigenvalue weighted by atomic mass is 10.1. The van der Waals surface area contributed by atoms with Gasteiger partial charge in [0.2, 0.25) is 0 Å². The Balaban J connectivity index is 1.26. The van der Waals surface area contributed by atoms with Crippen LogP contribution in [0.3, 0.4) is 0 Å². The van der Waals surface area contributed by atoms with Gasteiger partial charge in [0.15, 0.2) is 10.8 Å². The van der Waals surface area contributed by atoms with E-state index < -0.39 is 0 Å². The average molecular weight is 488 g/mol. The van der Waals surface area contributed by atoms with Crippen LogP contribution < -0.4 is 5.32 Å². The summed E-state index contributed by atoms with van der Waals surface area (Å²) in [5, 5.41) is 9.95. The van der Waals surface area contributed by atoms with Gasteiger partial charge in [-0.05, 0) is 30.3 Å². The maximum Gasteiger partial charge on any atom is 0.254 e. The zero-order chi connectivity index (χ0) is 23.1. The second-order valence-electron chi connectivity index (χ2n) is 7.85. The largest absolute Gasteiger partial charge is 0.333 e. The van der Waals surface area contributed by atoms with Crippen molar-refractivity contribution < 1.29 is 4.79 Å². The fraction of sp³-hybridized carbons (Fsp3) is 0.125. The molecule has 1 aliphatic rings. The Hall–Kier alpha value is -3.82. The van der Waals surface area contributed by atoms with Crippen LogP contribution in [0.4, 0.5) is 10.9 Å². The molecule has 0 saturated heterocycles. The molecule has 4 heterocycles. The van der Waals surface area contributed by atoms with Crippen molar-refractivity contribution in [2.45, 2.75) is 13.0 Å². The standard InChI is InChI=1S/C24H18ClN7OS/c25-16-7-4-8-17(11-16)32-22-18(12-28-32)21(26-14-27-22)30-24-29-19-9-10-31(13-20(19)34-24)23(33)15-5-2-1-3-6-15/h1-8,11-12,14H,9-10,13H2,(H,26,27,29,30). The van der Waals surface area contributed by atoms with Crippen LogP contribution >= 0.6 is 22.9 Å². The van der Waals surface area contributed by atoms with Gasteiger partial charge in [-0.25, -0.2) is 19.6 Å². The van der Waals surface area contributed by atoms with Crippen LogP contribution in [0.2, 0.25) is 5.02 Å². The van der Waals surface area contributed by atoms with E-state index in [9.17, 15) is 4.79 Å². The molecular weight excluding hydrogens is 470 g/mol. The van der Waals surface area contributed by atoms with Gasteiger partial charge < -0.3 is 10.2 Å². The summed E-state index contributed by atoms with van der Waals surface area (Å²) in [4.78, 5) is 29.4. The summed E-state index contributed by atoms with van der Waals surface area (Å²) < 4.78 is 1.73. The molecular formula is C24H18ClN7OS. The van der Waals surface area contributed by atoms with Crippen molar-refractivity contribution in [1.29, 1.82) is 0 Å². The Kier molecular flexibility index (Phi) is 5.20. The van der Waals surface area contributed by atoms with Crippen molar-refractivity contribution in [3.8, 4) is 5.69 Å². The van der Waals surface area contributed by atoms with E-state index in [2.05, 4.69) is 20.4 Å². The molecule has 6 rings (SSSR count). The maximum atomic E-state index is 12.9. The van der Waals surface area contributed by atoms with Gasteiger partial charge in [0.1, 0.15) is 12.1 Å². The number of thiazole rings is 1. The molecule has 8 nitrogen and oxygen atoms in total. The summed E-state index contributed by atoms with van der Waals surface area (Å²) in [6.07, 6.45) is 3.95. The van der Waals surface area contributed by atoms with Crippen molar-refractivity contribution >= 4 is 50.8 Å².